The second-order valence-corrected chi connectivity index (χ2v) is 15.1. The van der Waals surface area contributed by atoms with E-state index < -0.39 is 6.10 Å². The SMILES string of the molecule is CCCCCCCCCCCCCCCCCCCC(=O)O[C@@H](COC(=O)CCCCCCC)COC(=O)CCCCCCCCC(C)C. The number of carbonyl (C=O) groups excluding carboxylic acids is 3. The first-order valence-corrected chi connectivity index (χ1v) is 21.4. The van der Waals surface area contributed by atoms with Crippen LogP contribution in [0.15, 0.2) is 0 Å². The highest BCUT2D eigenvalue weighted by Gasteiger charge is 2.19. The van der Waals surface area contributed by atoms with Crippen molar-refractivity contribution in [2.24, 2.45) is 5.92 Å². The first-order valence-electron chi connectivity index (χ1n) is 21.4. The molecule has 0 bridgehead atoms. The van der Waals surface area contributed by atoms with Crippen molar-refractivity contribution in [2.75, 3.05) is 13.2 Å². The van der Waals surface area contributed by atoms with Gasteiger partial charge in [0.25, 0.3) is 0 Å². The van der Waals surface area contributed by atoms with Gasteiger partial charge in [-0.05, 0) is 25.2 Å². The number of carbonyl (C=O) groups is 3. The van der Waals surface area contributed by atoms with Crippen molar-refractivity contribution in [1.29, 1.82) is 0 Å². The van der Waals surface area contributed by atoms with Crippen LogP contribution in [0.25, 0.3) is 0 Å². The summed E-state index contributed by atoms with van der Waals surface area (Å²) in [6.45, 7) is 8.83. The van der Waals surface area contributed by atoms with Gasteiger partial charge in [0, 0.05) is 19.3 Å². The Bertz CT molecular complexity index is 736. The first-order chi connectivity index (χ1) is 23.9. The molecule has 0 aliphatic heterocycles. The lowest BCUT2D eigenvalue weighted by Gasteiger charge is -2.18. The summed E-state index contributed by atoms with van der Waals surface area (Å²) >= 11 is 0. The molecule has 0 unspecified atom stereocenters. The lowest BCUT2D eigenvalue weighted by atomic mass is 10.0. The molecule has 0 aromatic carbocycles. The molecule has 0 aromatic rings. The molecular weight excluding hydrogens is 612 g/mol. The third-order valence-electron chi connectivity index (χ3n) is 9.54. The maximum atomic E-state index is 12.6. The van der Waals surface area contributed by atoms with Crippen LogP contribution in [-0.2, 0) is 28.6 Å². The van der Waals surface area contributed by atoms with Crippen LogP contribution < -0.4 is 0 Å². The molecule has 0 aliphatic rings. The van der Waals surface area contributed by atoms with Gasteiger partial charge in [0.2, 0.25) is 0 Å². The summed E-state index contributed by atoms with van der Waals surface area (Å²) in [5, 5.41) is 0. The zero-order chi connectivity index (χ0) is 36.0. The summed E-state index contributed by atoms with van der Waals surface area (Å²) in [4.78, 5) is 37.3. The zero-order valence-electron chi connectivity index (χ0n) is 33.1. The van der Waals surface area contributed by atoms with Crippen molar-refractivity contribution in [3.05, 3.63) is 0 Å². The van der Waals surface area contributed by atoms with Crippen molar-refractivity contribution in [2.45, 2.75) is 239 Å². The van der Waals surface area contributed by atoms with Gasteiger partial charge in [0.05, 0.1) is 0 Å². The van der Waals surface area contributed by atoms with E-state index in [1.807, 2.05) is 0 Å². The number of esters is 3. The third-order valence-corrected chi connectivity index (χ3v) is 9.54. The topological polar surface area (TPSA) is 78.9 Å². The Kier molecular flexibility index (Phi) is 36.4. The van der Waals surface area contributed by atoms with Crippen LogP contribution in [0.1, 0.15) is 233 Å². The average molecular weight is 695 g/mol. The molecule has 0 saturated carbocycles. The molecule has 0 rings (SSSR count). The number of ether oxygens (including phenoxy) is 3. The number of rotatable bonds is 38. The van der Waals surface area contributed by atoms with Crippen molar-refractivity contribution >= 4 is 17.9 Å². The predicted octanol–water partition coefficient (Wildman–Crippen LogP) is 13.2. The van der Waals surface area contributed by atoms with E-state index in [0.29, 0.717) is 19.3 Å². The molecular formula is C43H82O6. The van der Waals surface area contributed by atoms with E-state index in [9.17, 15) is 14.4 Å². The molecule has 49 heavy (non-hydrogen) atoms. The Labute approximate surface area is 304 Å². The van der Waals surface area contributed by atoms with Gasteiger partial charge in [-0.25, -0.2) is 0 Å². The summed E-state index contributed by atoms with van der Waals surface area (Å²) in [6, 6.07) is 0. The Balaban J connectivity index is 4.16. The molecule has 0 saturated heterocycles. The van der Waals surface area contributed by atoms with Crippen LogP contribution in [-0.4, -0.2) is 37.2 Å². The van der Waals surface area contributed by atoms with E-state index in [1.165, 1.54) is 122 Å². The van der Waals surface area contributed by atoms with E-state index in [4.69, 9.17) is 14.2 Å². The number of hydrogen-bond donors (Lipinski definition) is 0. The summed E-state index contributed by atoms with van der Waals surface area (Å²) in [5.41, 5.74) is 0. The molecule has 6 heteroatoms. The second-order valence-electron chi connectivity index (χ2n) is 15.1. The van der Waals surface area contributed by atoms with Crippen molar-refractivity contribution in [3.63, 3.8) is 0 Å². The van der Waals surface area contributed by atoms with Crippen LogP contribution >= 0.6 is 0 Å². The molecule has 0 spiro atoms. The third kappa shape index (κ3) is 37.5. The lowest BCUT2D eigenvalue weighted by molar-refractivity contribution is -0.167. The van der Waals surface area contributed by atoms with Crippen molar-refractivity contribution < 1.29 is 28.6 Å². The van der Waals surface area contributed by atoms with Gasteiger partial charge < -0.3 is 14.2 Å². The summed E-state index contributed by atoms with van der Waals surface area (Å²) in [5.74, 6) is -0.114. The molecule has 0 amide bonds. The number of hydrogen-bond acceptors (Lipinski definition) is 6. The van der Waals surface area contributed by atoms with Gasteiger partial charge in [-0.15, -0.1) is 0 Å². The molecule has 1 atom stereocenters. The fraction of sp³-hybridized carbons (Fsp3) is 0.930. The molecule has 0 fully saturated rings. The van der Waals surface area contributed by atoms with Gasteiger partial charge in [0.15, 0.2) is 6.10 Å². The molecule has 6 nitrogen and oxygen atoms in total. The summed E-state index contributed by atoms with van der Waals surface area (Å²) < 4.78 is 16.5. The highest BCUT2D eigenvalue weighted by atomic mass is 16.6. The van der Waals surface area contributed by atoms with E-state index >= 15 is 0 Å². The van der Waals surface area contributed by atoms with Crippen molar-refractivity contribution in [3.8, 4) is 0 Å². The van der Waals surface area contributed by atoms with Gasteiger partial charge in [-0.3, -0.25) is 14.4 Å². The summed E-state index contributed by atoms with van der Waals surface area (Å²) in [7, 11) is 0. The average Bonchev–Trinajstić information content (AvgIpc) is 3.08. The standard InChI is InChI=1S/C43H82O6/c1-5-7-9-11-12-13-14-15-16-17-18-19-20-21-22-28-32-36-43(46)49-40(37-47-41(44)34-30-25-10-8-6-2)38-48-42(45)35-31-27-24-23-26-29-33-39(3)4/h39-40H,5-38H2,1-4H3/t40-/m0/s1. The van der Waals surface area contributed by atoms with Gasteiger partial charge in [-0.1, -0.05) is 195 Å². The Morgan fingerprint density at radius 2 is 0.673 bits per heavy atom. The molecule has 0 radical (unpaired) electrons. The van der Waals surface area contributed by atoms with Gasteiger partial charge >= 0.3 is 17.9 Å². The Hall–Kier alpha value is -1.59. The van der Waals surface area contributed by atoms with Crippen LogP contribution in [0.4, 0.5) is 0 Å². The zero-order valence-corrected chi connectivity index (χ0v) is 33.1. The van der Waals surface area contributed by atoms with Crippen LogP contribution in [0.3, 0.4) is 0 Å². The van der Waals surface area contributed by atoms with Crippen LogP contribution in [0, 0.1) is 5.92 Å². The minimum atomic E-state index is -0.757. The monoisotopic (exact) mass is 695 g/mol. The van der Waals surface area contributed by atoms with E-state index in [1.54, 1.807) is 0 Å². The van der Waals surface area contributed by atoms with Crippen LogP contribution in [0.5, 0.6) is 0 Å². The maximum Gasteiger partial charge on any atom is 0.306 e. The van der Waals surface area contributed by atoms with Gasteiger partial charge in [0.1, 0.15) is 13.2 Å². The maximum absolute atomic E-state index is 12.6. The minimum Gasteiger partial charge on any atom is -0.462 e. The Morgan fingerprint density at radius 1 is 0.388 bits per heavy atom. The highest BCUT2D eigenvalue weighted by Crippen LogP contribution is 2.16. The fourth-order valence-corrected chi connectivity index (χ4v) is 6.27. The molecule has 290 valence electrons. The smallest absolute Gasteiger partial charge is 0.306 e. The summed E-state index contributed by atoms with van der Waals surface area (Å²) in [6.07, 6.45) is 35.6. The van der Waals surface area contributed by atoms with E-state index in [2.05, 4.69) is 27.7 Å². The largest absolute Gasteiger partial charge is 0.462 e. The van der Waals surface area contributed by atoms with Crippen molar-refractivity contribution in [1.82, 2.24) is 0 Å². The number of unbranched alkanes of at least 4 members (excludes halogenated alkanes) is 25. The quantitative estimate of drug-likeness (QED) is 0.0364. The normalized spacial score (nSPS) is 11.9. The first kappa shape index (κ1) is 47.4. The molecule has 0 aliphatic carbocycles. The van der Waals surface area contributed by atoms with Crippen LogP contribution in [0.2, 0.25) is 0 Å². The highest BCUT2D eigenvalue weighted by molar-refractivity contribution is 5.71. The molecule has 0 N–H and O–H groups in total. The predicted molar refractivity (Wildman–Crippen MR) is 206 cm³/mol. The lowest BCUT2D eigenvalue weighted by Crippen LogP contribution is -2.30. The Morgan fingerprint density at radius 3 is 1.00 bits per heavy atom. The van der Waals surface area contributed by atoms with Gasteiger partial charge in [-0.2, -0.15) is 0 Å². The fourth-order valence-electron chi connectivity index (χ4n) is 6.27. The van der Waals surface area contributed by atoms with E-state index in [-0.39, 0.29) is 31.1 Å². The molecule has 0 heterocycles. The molecule has 0 aromatic heterocycles. The van der Waals surface area contributed by atoms with E-state index in [0.717, 1.165) is 70.1 Å². The second kappa shape index (κ2) is 37.7. The minimum absolute atomic E-state index is 0.0669.